The molecule has 0 spiro atoms. The molecule has 1 unspecified atom stereocenters. The monoisotopic (exact) mass is 264 g/mol. The highest BCUT2D eigenvalue weighted by Crippen LogP contribution is 2.15. The van der Waals surface area contributed by atoms with E-state index in [4.69, 9.17) is 10.5 Å². The number of nitrogens with two attached hydrogens (primary N) is 1. The van der Waals surface area contributed by atoms with Crippen LogP contribution in [-0.4, -0.2) is 32.1 Å². The van der Waals surface area contributed by atoms with Crippen LogP contribution in [0.25, 0.3) is 0 Å². The first kappa shape index (κ1) is 15.2. The van der Waals surface area contributed by atoms with Crippen LogP contribution in [-0.2, 0) is 14.3 Å². The molecule has 0 aromatic heterocycles. The zero-order valence-corrected chi connectivity index (χ0v) is 11.1. The summed E-state index contributed by atoms with van der Waals surface area (Å²) in [5.74, 6) is -0.846. The van der Waals surface area contributed by atoms with Crippen LogP contribution in [0.15, 0.2) is 30.3 Å². The predicted octanol–water partition coefficient (Wildman–Crippen LogP) is 0.798. The first-order valence-electron chi connectivity index (χ1n) is 6.31. The van der Waals surface area contributed by atoms with E-state index in [0.29, 0.717) is 12.8 Å². The molecule has 0 heterocycles. The van der Waals surface area contributed by atoms with Crippen LogP contribution in [0.5, 0.6) is 0 Å². The molecule has 0 saturated heterocycles. The zero-order valence-electron chi connectivity index (χ0n) is 11.1. The van der Waals surface area contributed by atoms with Crippen LogP contribution >= 0.6 is 0 Å². The van der Waals surface area contributed by atoms with E-state index in [2.05, 4.69) is 5.32 Å². The maximum atomic E-state index is 11.9. The third-order valence-corrected chi connectivity index (χ3v) is 2.79. The molecule has 0 saturated carbocycles. The second-order valence-corrected chi connectivity index (χ2v) is 4.14. The third kappa shape index (κ3) is 5.09. The summed E-state index contributed by atoms with van der Waals surface area (Å²) in [7, 11) is 1.58. The minimum Gasteiger partial charge on any atom is -0.465 e. The summed E-state index contributed by atoms with van der Waals surface area (Å²) in [6, 6.07) is 9.30. The number of hydrogen-bond acceptors (Lipinski definition) is 4. The van der Waals surface area contributed by atoms with Gasteiger partial charge in [0.2, 0.25) is 5.91 Å². The maximum Gasteiger partial charge on any atom is 0.314 e. The van der Waals surface area contributed by atoms with Gasteiger partial charge in [-0.2, -0.15) is 0 Å². The van der Waals surface area contributed by atoms with Gasteiger partial charge in [0, 0.05) is 20.0 Å². The molecule has 3 N–H and O–H groups in total. The molecule has 1 amide bonds. The number of benzene rings is 1. The molecule has 5 nitrogen and oxygen atoms in total. The number of nitrogens with one attached hydrogen (secondary N) is 1. The molecule has 0 bridgehead atoms. The van der Waals surface area contributed by atoms with E-state index in [1.165, 1.54) is 0 Å². The van der Waals surface area contributed by atoms with Crippen molar-refractivity contribution in [3.05, 3.63) is 35.9 Å². The van der Waals surface area contributed by atoms with E-state index in [1.807, 2.05) is 30.3 Å². The van der Waals surface area contributed by atoms with E-state index < -0.39 is 5.92 Å². The first-order chi connectivity index (χ1) is 9.19. The molecule has 1 aromatic rings. The summed E-state index contributed by atoms with van der Waals surface area (Å²) in [5, 5.41) is 2.51. The van der Waals surface area contributed by atoms with Gasteiger partial charge in [-0.3, -0.25) is 9.59 Å². The van der Waals surface area contributed by atoms with Gasteiger partial charge in [0.05, 0.1) is 12.5 Å². The average molecular weight is 264 g/mol. The summed E-state index contributed by atoms with van der Waals surface area (Å²) in [5.41, 5.74) is 6.46. The average Bonchev–Trinajstić information content (AvgIpc) is 2.45. The number of carbonyl (C=O) groups excluding carboxylic acids is 2. The Labute approximate surface area is 113 Å². The zero-order chi connectivity index (χ0) is 14.1. The Balaban J connectivity index is 2.41. The van der Waals surface area contributed by atoms with Gasteiger partial charge in [0.25, 0.3) is 0 Å². The van der Waals surface area contributed by atoms with E-state index >= 15 is 0 Å². The number of esters is 1. The number of hydrogen-bond donors (Lipinski definition) is 2. The minimum atomic E-state index is -0.443. The topological polar surface area (TPSA) is 81.4 Å². The van der Waals surface area contributed by atoms with Crippen LogP contribution in [0.3, 0.4) is 0 Å². The Hall–Kier alpha value is -1.88. The fourth-order valence-electron chi connectivity index (χ4n) is 1.68. The summed E-state index contributed by atoms with van der Waals surface area (Å²) in [4.78, 5) is 22.9. The molecule has 0 aliphatic rings. The lowest BCUT2D eigenvalue weighted by Crippen LogP contribution is -2.24. The molecule has 0 fully saturated rings. The first-order valence-corrected chi connectivity index (χ1v) is 6.31. The standard InChI is InChI=1S/C14H20N2O3/c1-16-13(17)8-5-9-19-14(18)12(10-15)11-6-3-2-4-7-11/h2-4,6-7,12H,5,8-10,15H2,1H3,(H,16,17). The smallest absolute Gasteiger partial charge is 0.314 e. The Morgan fingerprint density at radius 2 is 2.00 bits per heavy atom. The molecule has 0 aliphatic heterocycles. The lowest BCUT2D eigenvalue weighted by atomic mass is 10.00. The third-order valence-electron chi connectivity index (χ3n) is 2.79. The normalized spacial score (nSPS) is 11.7. The number of carbonyl (C=O) groups is 2. The highest BCUT2D eigenvalue weighted by molar-refractivity contribution is 5.78. The fraction of sp³-hybridized carbons (Fsp3) is 0.429. The number of amides is 1. The van der Waals surface area contributed by atoms with E-state index in [0.717, 1.165) is 5.56 Å². The molecule has 1 rings (SSSR count). The van der Waals surface area contributed by atoms with Crippen molar-refractivity contribution in [1.29, 1.82) is 0 Å². The van der Waals surface area contributed by atoms with Gasteiger partial charge in [0.15, 0.2) is 0 Å². The Morgan fingerprint density at radius 1 is 1.32 bits per heavy atom. The lowest BCUT2D eigenvalue weighted by molar-refractivity contribution is -0.145. The number of rotatable bonds is 7. The van der Waals surface area contributed by atoms with Gasteiger partial charge in [-0.25, -0.2) is 0 Å². The van der Waals surface area contributed by atoms with Crippen LogP contribution in [0.2, 0.25) is 0 Å². The van der Waals surface area contributed by atoms with Crippen LogP contribution < -0.4 is 11.1 Å². The van der Waals surface area contributed by atoms with E-state index in [9.17, 15) is 9.59 Å². The molecular weight excluding hydrogens is 244 g/mol. The molecule has 19 heavy (non-hydrogen) atoms. The van der Waals surface area contributed by atoms with Gasteiger partial charge < -0.3 is 15.8 Å². The molecular formula is C14H20N2O3. The second kappa shape index (κ2) is 8.26. The summed E-state index contributed by atoms with van der Waals surface area (Å²) >= 11 is 0. The van der Waals surface area contributed by atoms with Crippen molar-refractivity contribution in [2.75, 3.05) is 20.2 Å². The van der Waals surface area contributed by atoms with Gasteiger partial charge >= 0.3 is 5.97 Å². The van der Waals surface area contributed by atoms with Gasteiger partial charge in [-0.15, -0.1) is 0 Å². The van der Waals surface area contributed by atoms with Crippen molar-refractivity contribution in [3.8, 4) is 0 Å². The van der Waals surface area contributed by atoms with Gasteiger partial charge in [-0.05, 0) is 12.0 Å². The molecule has 104 valence electrons. The predicted molar refractivity (Wildman–Crippen MR) is 72.5 cm³/mol. The van der Waals surface area contributed by atoms with Crippen molar-refractivity contribution in [1.82, 2.24) is 5.32 Å². The second-order valence-electron chi connectivity index (χ2n) is 4.14. The quantitative estimate of drug-likeness (QED) is 0.564. The van der Waals surface area contributed by atoms with Crippen LogP contribution in [0, 0.1) is 0 Å². The number of ether oxygens (including phenoxy) is 1. The Bertz CT molecular complexity index is 406. The summed E-state index contributed by atoms with van der Waals surface area (Å²) in [6.45, 7) is 0.438. The van der Waals surface area contributed by atoms with Crippen molar-refractivity contribution in [2.45, 2.75) is 18.8 Å². The highest BCUT2D eigenvalue weighted by Gasteiger charge is 2.20. The largest absolute Gasteiger partial charge is 0.465 e. The SMILES string of the molecule is CNC(=O)CCCOC(=O)C(CN)c1ccccc1. The Kier molecular flexibility index (Phi) is 6.60. The molecule has 5 heteroatoms. The highest BCUT2D eigenvalue weighted by atomic mass is 16.5. The van der Waals surface area contributed by atoms with Crippen molar-refractivity contribution >= 4 is 11.9 Å². The minimum absolute atomic E-state index is 0.0607. The fourth-order valence-corrected chi connectivity index (χ4v) is 1.68. The molecule has 0 aliphatic carbocycles. The molecule has 1 atom stereocenters. The van der Waals surface area contributed by atoms with Crippen LogP contribution in [0.1, 0.15) is 24.3 Å². The van der Waals surface area contributed by atoms with Gasteiger partial charge in [0.1, 0.15) is 0 Å². The summed E-state index contributed by atoms with van der Waals surface area (Å²) < 4.78 is 5.15. The van der Waals surface area contributed by atoms with Crippen molar-refractivity contribution < 1.29 is 14.3 Å². The van der Waals surface area contributed by atoms with E-state index in [1.54, 1.807) is 7.05 Å². The van der Waals surface area contributed by atoms with Gasteiger partial charge in [-0.1, -0.05) is 30.3 Å². The Morgan fingerprint density at radius 3 is 2.58 bits per heavy atom. The molecule has 0 radical (unpaired) electrons. The lowest BCUT2D eigenvalue weighted by Gasteiger charge is -2.14. The van der Waals surface area contributed by atoms with Crippen molar-refractivity contribution in [3.63, 3.8) is 0 Å². The van der Waals surface area contributed by atoms with E-state index in [-0.39, 0.29) is 25.0 Å². The molecule has 1 aromatic carbocycles. The van der Waals surface area contributed by atoms with Crippen LogP contribution in [0.4, 0.5) is 0 Å². The van der Waals surface area contributed by atoms with Crippen molar-refractivity contribution in [2.24, 2.45) is 5.73 Å². The maximum absolute atomic E-state index is 11.9. The summed E-state index contributed by atoms with van der Waals surface area (Å²) in [6.07, 6.45) is 0.861.